The molecule has 0 radical (unpaired) electrons. The van der Waals surface area contributed by atoms with Gasteiger partial charge in [-0.1, -0.05) is 6.07 Å². The number of aromatic carboxylic acids is 1. The number of hydrogen-bond acceptors (Lipinski definition) is 3. The summed E-state index contributed by atoms with van der Waals surface area (Å²) in [5, 5.41) is 10.8. The van der Waals surface area contributed by atoms with Gasteiger partial charge in [0.2, 0.25) is 0 Å². The summed E-state index contributed by atoms with van der Waals surface area (Å²) >= 11 is 1.55. The molecule has 0 bridgehead atoms. The molecule has 2 heterocycles. The van der Waals surface area contributed by atoms with Crippen LogP contribution in [0.5, 0.6) is 0 Å². The molecule has 15 heavy (non-hydrogen) atoms. The zero-order valence-electron chi connectivity index (χ0n) is 8.17. The average molecular weight is 222 g/mol. The van der Waals surface area contributed by atoms with Crippen LogP contribution in [0, 0.1) is 0 Å². The number of carboxylic acids is 1. The number of carbonyl (C=O) groups is 1. The van der Waals surface area contributed by atoms with Gasteiger partial charge in [0.1, 0.15) is 0 Å². The molecule has 5 heteroatoms. The first-order valence-corrected chi connectivity index (χ1v) is 5.44. The van der Waals surface area contributed by atoms with E-state index in [1.807, 2.05) is 29.0 Å². The molecule has 78 valence electrons. The van der Waals surface area contributed by atoms with E-state index in [1.54, 1.807) is 17.5 Å². The van der Waals surface area contributed by atoms with E-state index in [2.05, 4.69) is 4.98 Å². The number of aromatic nitrogens is 2. The molecule has 0 spiro atoms. The fourth-order valence-electron chi connectivity index (χ4n) is 1.36. The van der Waals surface area contributed by atoms with Gasteiger partial charge in [-0.3, -0.25) is 0 Å². The molecule has 0 aliphatic rings. The molecule has 0 aromatic carbocycles. The van der Waals surface area contributed by atoms with E-state index in [0.717, 1.165) is 10.7 Å². The van der Waals surface area contributed by atoms with Gasteiger partial charge in [0.15, 0.2) is 11.5 Å². The Balaban J connectivity index is 2.51. The Hall–Kier alpha value is -1.62. The first-order chi connectivity index (χ1) is 7.22. The summed E-state index contributed by atoms with van der Waals surface area (Å²) in [4.78, 5) is 15.9. The molecule has 2 aromatic heterocycles. The van der Waals surface area contributed by atoms with E-state index in [0.29, 0.717) is 6.54 Å². The first kappa shape index (κ1) is 9.92. The highest BCUT2D eigenvalue weighted by atomic mass is 32.1. The van der Waals surface area contributed by atoms with Gasteiger partial charge < -0.3 is 9.67 Å². The number of carboxylic acid groups (broad SMARTS) is 1. The van der Waals surface area contributed by atoms with Crippen molar-refractivity contribution >= 4 is 17.3 Å². The summed E-state index contributed by atoms with van der Waals surface area (Å²) < 4.78 is 1.84. The molecule has 0 unspecified atom stereocenters. The third-order valence-corrected chi connectivity index (χ3v) is 2.94. The summed E-state index contributed by atoms with van der Waals surface area (Å²) in [6, 6.07) is 3.86. The minimum atomic E-state index is -0.986. The van der Waals surface area contributed by atoms with E-state index in [1.165, 1.54) is 0 Å². The normalized spacial score (nSPS) is 10.5. The van der Waals surface area contributed by atoms with Crippen molar-refractivity contribution in [3.8, 4) is 10.7 Å². The highest BCUT2D eigenvalue weighted by Crippen LogP contribution is 2.23. The molecular weight excluding hydrogens is 212 g/mol. The topological polar surface area (TPSA) is 55.1 Å². The molecule has 4 nitrogen and oxygen atoms in total. The van der Waals surface area contributed by atoms with Crippen molar-refractivity contribution in [2.75, 3.05) is 0 Å². The fraction of sp³-hybridized carbons (Fsp3) is 0.200. The maximum atomic E-state index is 10.8. The van der Waals surface area contributed by atoms with E-state index in [9.17, 15) is 4.79 Å². The van der Waals surface area contributed by atoms with Gasteiger partial charge in [0.25, 0.3) is 0 Å². The van der Waals surface area contributed by atoms with Crippen molar-refractivity contribution in [3.63, 3.8) is 0 Å². The van der Waals surface area contributed by atoms with Gasteiger partial charge >= 0.3 is 5.97 Å². The molecular formula is C10H10N2O2S. The maximum Gasteiger partial charge on any atom is 0.356 e. The van der Waals surface area contributed by atoms with Crippen molar-refractivity contribution in [1.29, 1.82) is 0 Å². The maximum absolute atomic E-state index is 10.8. The predicted octanol–water partition coefficient (Wildman–Crippen LogP) is 2.33. The molecule has 0 fully saturated rings. The van der Waals surface area contributed by atoms with Gasteiger partial charge in [-0.05, 0) is 18.4 Å². The molecule has 0 aliphatic carbocycles. The Labute approximate surface area is 90.8 Å². The molecule has 0 saturated carbocycles. The lowest BCUT2D eigenvalue weighted by Gasteiger charge is -2.00. The first-order valence-electron chi connectivity index (χ1n) is 4.56. The average Bonchev–Trinajstić information content (AvgIpc) is 2.86. The summed E-state index contributed by atoms with van der Waals surface area (Å²) in [5.74, 6) is -0.259. The van der Waals surface area contributed by atoms with Crippen LogP contribution < -0.4 is 0 Å². The monoisotopic (exact) mass is 222 g/mol. The van der Waals surface area contributed by atoms with E-state index in [-0.39, 0.29) is 5.69 Å². The molecule has 2 rings (SSSR count). The van der Waals surface area contributed by atoms with Gasteiger partial charge in [-0.2, -0.15) is 0 Å². The summed E-state index contributed by atoms with van der Waals surface area (Å²) in [7, 11) is 0. The third-order valence-electron chi connectivity index (χ3n) is 2.08. The molecule has 0 aliphatic heterocycles. The summed E-state index contributed by atoms with van der Waals surface area (Å²) in [5.41, 5.74) is 0.0975. The second-order valence-electron chi connectivity index (χ2n) is 3.02. The van der Waals surface area contributed by atoms with Gasteiger partial charge in [0.05, 0.1) is 4.88 Å². The van der Waals surface area contributed by atoms with Crippen molar-refractivity contribution in [3.05, 3.63) is 29.4 Å². The lowest BCUT2D eigenvalue weighted by molar-refractivity contribution is 0.0691. The smallest absolute Gasteiger partial charge is 0.356 e. The molecule has 0 atom stereocenters. The zero-order chi connectivity index (χ0) is 10.8. The number of aryl methyl sites for hydroxylation is 1. The number of imidazole rings is 1. The van der Waals surface area contributed by atoms with Gasteiger partial charge in [-0.25, -0.2) is 9.78 Å². The van der Waals surface area contributed by atoms with Gasteiger partial charge in [0, 0.05) is 12.7 Å². The SMILES string of the molecule is CCn1cc(C(=O)O)nc1-c1cccs1. The van der Waals surface area contributed by atoms with Crippen molar-refractivity contribution in [2.45, 2.75) is 13.5 Å². The molecule has 2 aromatic rings. The molecule has 1 N–H and O–H groups in total. The second-order valence-corrected chi connectivity index (χ2v) is 3.97. The minimum Gasteiger partial charge on any atom is -0.476 e. The Morgan fingerprint density at radius 3 is 3.00 bits per heavy atom. The summed E-state index contributed by atoms with van der Waals surface area (Å²) in [6.07, 6.45) is 1.57. The van der Waals surface area contributed by atoms with Crippen LogP contribution in [0.4, 0.5) is 0 Å². The van der Waals surface area contributed by atoms with Crippen LogP contribution >= 0.6 is 11.3 Å². The Kier molecular flexibility index (Phi) is 2.55. The quantitative estimate of drug-likeness (QED) is 0.867. The standard InChI is InChI=1S/C10H10N2O2S/c1-2-12-6-7(10(13)14)11-9(12)8-4-3-5-15-8/h3-6H,2H2,1H3,(H,13,14). The van der Waals surface area contributed by atoms with Crippen molar-refractivity contribution < 1.29 is 9.90 Å². The number of thiophene rings is 1. The van der Waals surface area contributed by atoms with Crippen LogP contribution in [0.15, 0.2) is 23.7 Å². The number of rotatable bonds is 3. The van der Waals surface area contributed by atoms with Crippen LogP contribution in [0.25, 0.3) is 10.7 Å². The van der Waals surface area contributed by atoms with E-state index < -0.39 is 5.97 Å². The summed E-state index contributed by atoms with van der Waals surface area (Å²) in [6.45, 7) is 2.68. The van der Waals surface area contributed by atoms with Gasteiger partial charge in [-0.15, -0.1) is 11.3 Å². The second kappa shape index (κ2) is 3.86. The van der Waals surface area contributed by atoms with Crippen LogP contribution in [0.1, 0.15) is 17.4 Å². The fourth-order valence-corrected chi connectivity index (χ4v) is 2.09. The zero-order valence-corrected chi connectivity index (χ0v) is 8.99. The largest absolute Gasteiger partial charge is 0.476 e. The highest BCUT2D eigenvalue weighted by molar-refractivity contribution is 7.13. The van der Waals surface area contributed by atoms with E-state index >= 15 is 0 Å². The lowest BCUT2D eigenvalue weighted by Crippen LogP contribution is -1.95. The number of nitrogens with zero attached hydrogens (tertiary/aromatic N) is 2. The van der Waals surface area contributed by atoms with Crippen molar-refractivity contribution in [1.82, 2.24) is 9.55 Å². The molecule has 0 saturated heterocycles. The molecule has 0 amide bonds. The Bertz CT molecular complexity index is 474. The highest BCUT2D eigenvalue weighted by Gasteiger charge is 2.13. The Morgan fingerprint density at radius 1 is 1.67 bits per heavy atom. The number of hydrogen-bond donors (Lipinski definition) is 1. The third kappa shape index (κ3) is 1.78. The Morgan fingerprint density at radius 2 is 2.47 bits per heavy atom. The van der Waals surface area contributed by atoms with Crippen molar-refractivity contribution in [2.24, 2.45) is 0 Å². The predicted molar refractivity (Wildman–Crippen MR) is 58.2 cm³/mol. The van der Waals surface area contributed by atoms with Crippen LogP contribution in [-0.2, 0) is 6.54 Å². The van der Waals surface area contributed by atoms with Crippen LogP contribution in [0.2, 0.25) is 0 Å². The van der Waals surface area contributed by atoms with Crippen LogP contribution in [-0.4, -0.2) is 20.6 Å². The van der Waals surface area contributed by atoms with Crippen LogP contribution in [0.3, 0.4) is 0 Å². The lowest BCUT2D eigenvalue weighted by atomic mass is 10.4. The van der Waals surface area contributed by atoms with E-state index in [4.69, 9.17) is 5.11 Å². The minimum absolute atomic E-state index is 0.0975.